The molecule has 0 amide bonds. The number of nitrogens with one attached hydrogen (secondary N) is 1. The number of anilines is 1. The first-order valence-corrected chi connectivity index (χ1v) is 17.8. The molecule has 0 radical (unpaired) electrons. The van der Waals surface area contributed by atoms with Crippen LogP contribution in [0, 0.1) is 29.4 Å². The molecule has 4 saturated heterocycles. The Hall–Kier alpha value is -4.04. The second kappa shape index (κ2) is 11.0. The molecular weight excluding hydrogens is 624 g/mol. The summed E-state index contributed by atoms with van der Waals surface area (Å²) in [4.78, 5) is 14.7. The zero-order valence-electron chi connectivity index (χ0n) is 27.4. The van der Waals surface area contributed by atoms with Crippen LogP contribution in [0.15, 0.2) is 30.3 Å². The molecule has 5 heterocycles. The van der Waals surface area contributed by atoms with Crippen LogP contribution in [0.2, 0.25) is 0 Å². The molecule has 2 N–H and O–H groups in total. The minimum Gasteiger partial charge on any atom is -0.508 e. The van der Waals surface area contributed by atoms with E-state index >= 15 is 8.78 Å². The van der Waals surface area contributed by atoms with E-state index in [4.69, 9.17) is 25.9 Å². The van der Waals surface area contributed by atoms with E-state index in [1.54, 1.807) is 6.07 Å². The molecule has 1 aromatic heterocycles. The second-order valence-corrected chi connectivity index (χ2v) is 15.4. The fourth-order valence-corrected chi connectivity index (χ4v) is 9.09. The van der Waals surface area contributed by atoms with Crippen molar-refractivity contribution >= 4 is 27.5 Å². The van der Waals surface area contributed by atoms with Gasteiger partial charge in [-0.05, 0) is 91.6 Å². The Labute approximate surface area is 283 Å². The molecule has 4 aromatic rings. The van der Waals surface area contributed by atoms with Crippen molar-refractivity contribution in [1.29, 1.82) is 0 Å². The number of ether oxygens (including phenoxy) is 2. The monoisotopic (exact) mass is 663 g/mol. The molecule has 8 nitrogen and oxygen atoms in total. The molecular formula is C39H39F2N5O3. The Balaban J connectivity index is 1.11. The number of hydrogen-bond donors (Lipinski definition) is 2. The Kier molecular flexibility index (Phi) is 6.69. The van der Waals surface area contributed by atoms with Crippen LogP contribution in [0.3, 0.4) is 0 Å². The maximum atomic E-state index is 17.5. The van der Waals surface area contributed by atoms with Gasteiger partial charge in [0.25, 0.3) is 0 Å². The molecule has 6 aliphatic rings. The summed E-state index contributed by atoms with van der Waals surface area (Å²) in [7, 11) is 0. The molecule has 4 aliphatic heterocycles. The fraction of sp³-hybridized carbons (Fsp3) is 0.487. The van der Waals surface area contributed by atoms with Gasteiger partial charge in [0.05, 0.1) is 24.9 Å². The molecule has 252 valence electrons. The van der Waals surface area contributed by atoms with Crippen LogP contribution in [0.4, 0.5) is 14.6 Å². The van der Waals surface area contributed by atoms with E-state index in [1.807, 2.05) is 6.07 Å². The van der Waals surface area contributed by atoms with E-state index in [0.717, 1.165) is 83.3 Å². The van der Waals surface area contributed by atoms with Gasteiger partial charge in [0.15, 0.2) is 5.82 Å². The van der Waals surface area contributed by atoms with Gasteiger partial charge in [-0.3, -0.25) is 4.90 Å². The van der Waals surface area contributed by atoms with Gasteiger partial charge in [-0.25, -0.2) is 8.78 Å². The van der Waals surface area contributed by atoms with Crippen molar-refractivity contribution < 1.29 is 23.4 Å². The summed E-state index contributed by atoms with van der Waals surface area (Å²) >= 11 is 0. The standard InChI is InChI=1S/C39H39F2N5O3/c1-2-28-32(40)8-5-22-11-26(47)13-30(33(22)28)34-29(21-3-4-21)14-31-36(35(34)41)43-38(44-37(31)45-15-23-6-7-24(16-45)42-23)49-20-39(9-10-39)19-46-17-27-12-25(46)18-48-27/h1,5,8,11,13-14,21,23-25,27,42,47H,3-4,6-7,9-10,12,15-20H2/t23?,24?,25-,27-/m0/s1. The SMILES string of the molecule is C#Cc1c(F)ccc2cc(O)cc(-c3c(C4CC4)cc4c(N5CC6CCC(C5)N6)nc(OCC5(CN6C[C@@H]7C[C@H]6CO7)CC5)nc4c3F)c12. The summed E-state index contributed by atoms with van der Waals surface area (Å²) < 4.78 is 44.9. The van der Waals surface area contributed by atoms with E-state index in [0.29, 0.717) is 63.9 Å². The number of nitrogens with zero attached hydrogens (tertiary/aromatic N) is 4. The molecule has 3 aromatic carbocycles. The van der Waals surface area contributed by atoms with Crippen LogP contribution >= 0.6 is 0 Å². The minimum absolute atomic E-state index is 0.0346. The lowest BCUT2D eigenvalue weighted by atomic mass is 9.88. The summed E-state index contributed by atoms with van der Waals surface area (Å²) in [5.41, 5.74) is 1.73. The lowest BCUT2D eigenvalue weighted by Gasteiger charge is -2.34. The van der Waals surface area contributed by atoms with Crippen molar-refractivity contribution in [2.45, 2.75) is 75.1 Å². The molecule has 6 fully saturated rings. The number of piperazine rings is 1. The average molecular weight is 664 g/mol. The molecule has 2 aliphatic carbocycles. The number of benzene rings is 3. The number of likely N-dealkylation sites (tertiary alicyclic amines) is 1. The summed E-state index contributed by atoms with van der Waals surface area (Å²) in [5, 5.41) is 16.1. The highest BCUT2D eigenvalue weighted by atomic mass is 19.1. The van der Waals surface area contributed by atoms with Crippen molar-refractivity contribution in [3.8, 4) is 35.2 Å². The van der Waals surface area contributed by atoms with Gasteiger partial charge < -0.3 is 24.8 Å². The lowest BCUT2D eigenvalue weighted by molar-refractivity contribution is 0.0176. The van der Waals surface area contributed by atoms with Crippen LogP contribution in [0.1, 0.15) is 62.0 Å². The minimum atomic E-state index is -0.562. The number of aromatic hydroxyl groups is 1. The number of phenols is 1. The normalized spacial score (nSPS) is 26.9. The maximum Gasteiger partial charge on any atom is 0.319 e. The van der Waals surface area contributed by atoms with Gasteiger partial charge in [0.1, 0.15) is 22.9 Å². The number of fused-ring (bicyclic) bond motifs is 6. The predicted molar refractivity (Wildman–Crippen MR) is 183 cm³/mol. The Morgan fingerprint density at radius 1 is 1.06 bits per heavy atom. The number of aromatic nitrogens is 2. The van der Waals surface area contributed by atoms with Gasteiger partial charge in [0.2, 0.25) is 0 Å². The number of terminal acetylenes is 1. The lowest BCUT2D eigenvalue weighted by Crippen LogP contribution is -2.51. The highest BCUT2D eigenvalue weighted by molar-refractivity contribution is 6.05. The van der Waals surface area contributed by atoms with E-state index in [2.05, 4.69) is 21.0 Å². The van der Waals surface area contributed by atoms with Gasteiger partial charge in [0, 0.05) is 66.1 Å². The third kappa shape index (κ3) is 5.04. The molecule has 2 unspecified atom stereocenters. The zero-order chi connectivity index (χ0) is 33.0. The summed E-state index contributed by atoms with van der Waals surface area (Å²) in [6, 6.07) is 9.29. The summed E-state index contributed by atoms with van der Waals surface area (Å²) in [5.74, 6) is 2.17. The first kappa shape index (κ1) is 29.8. The molecule has 10 rings (SSSR count). The highest BCUT2D eigenvalue weighted by Crippen LogP contribution is 2.51. The first-order valence-electron chi connectivity index (χ1n) is 17.8. The number of rotatable bonds is 8. The number of phenolic OH excluding ortho intramolecular Hbond substituents is 1. The average Bonchev–Trinajstić information content (AvgIpc) is 3.98. The van der Waals surface area contributed by atoms with Gasteiger partial charge in [-0.15, -0.1) is 6.42 Å². The quantitative estimate of drug-likeness (QED) is 0.227. The van der Waals surface area contributed by atoms with Gasteiger partial charge in [-0.2, -0.15) is 9.97 Å². The fourth-order valence-electron chi connectivity index (χ4n) is 9.09. The van der Waals surface area contributed by atoms with Crippen LogP contribution in [0.25, 0.3) is 32.8 Å². The predicted octanol–water partition coefficient (Wildman–Crippen LogP) is 5.87. The van der Waals surface area contributed by atoms with Crippen molar-refractivity contribution in [2.75, 3.05) is 44.3 Å². The van der Waals surface area contributed by atoms with Crippen molar-refractivity contribution in [3.05, 3.63) is 53.1 Å². The van der Waals surface area contributed by atoms with Crippen LogP contribution in [-0.4, -0.2) is 83.6 Å². The summed E-state index contributed by atoms with van der Waals surface area (Å²) in [6.45, 7) is 4.75. The zero-order valence-corrected chi connectivity index (χ0v) is 27.4. The number of halogens is 2. The molecule has 2 saturated carbocycles. The maximum absolute atomic E-state index is 17.5. The number of morpholine rings is 1. The first-order chi connectivity index (χ1) is 23.8. The summed E-state index contributed by atoms with van der Waals surface area (Å²) in [6.07, 6.45) is 13.5. The largest absolute Gasteiger partial charge is 0.508 e. The molecule has 4 atom stereocenters. The van der Waals surface area contributed by atoms with E-state index in [1.165, 1.54) is 18.2 Å². The third-order valence-corrected chi connectivity index (χ3v) is 11.9. The van der Waals surface area contributed by atoms with Crippen LogP contribution < -0.4 is 15.0 Å². The van der Waals surface area contributed by atoms with Crippen molar-refractivity contribution in [3.63, 3.8) is 0 Å². The van der Waals surface area contributed by atoms with Gasteiger partial charge in [-0.1, -0.05) is 12.0 Å². The van der Waals surface area contributed by atoms with Gasteiger partial charge >= 0.3 is 6.01 Å². The molecule has 10 heteroatoms. The van der Waals surface area contributed by atoms with Crippen LogP contribution in [-0.2, 0) is 4.74 Å². The smallest absolute Gasteiger partial charge is 0.319 e. The second-order valence-electron chi connectivity index (χ2n) is 15.4. The Morgan fingerprint density at radius 3 is 2.57 bits per heavy atom. The highest BCUT2D eigenvalue weighted by Gasteiger charge is 2.49. The van der Waals surface area contributed by atoms with E-state index in [-0.39, 0.29) is 34.2 Å². The van der Waals surface area contributed by atoms with E-state index in [9.17, 15) is 5.11 Å². The molecule has 4 bridgehead atoms. The topological polar surface area (TPSA) is 83.0 Å². The van der Waals surface area contributed by atoms with Crippen LogP contribution in [0.5, 0.6) is 11.8 Å². The molecule has 49 heavy (non-hydrogen) atoms. The van der Waals surface area contributed by atoms with Crippen molar-refractivity contribution in [1.82, 2.24) is 20.2 Å². The Bertz CT molecular complexity index is 2060. The third-order valence-electron chi connectivity index (χ3n) is 11.9. The van der Waals surface area contributed by atoms with Crippen molar-refractivity contribution in [2.24, 2.45) is 5.41 Å². The molecule has 0 spiro atoms. The van der Waals surface area contributed by atoms with E-state index < -0.39 is 11.6 Å². The Morgan fingerprint density at radius 2 is 1.88 bits per heavy atom. The number of hydrogen-bond acceptors (Lipinski definition) is 8.